The molecule has 0 radical (unpaired) electrons. The summed E-state index contributed by atoms with van der Waals surface area (Å²) in [5, 5.41) is 27.6. The van der Waals surface area contributed by atoms with Crippen LogP contribution in [0.5, 0.6) is 11.5 Å². The van der Waals surface area contributed by atoms with Gasteiger partial charge in [-0.2, -0.15) is 0 Å². The number of carboxylic acid groups (broad SMARTS) is 2. The van der Waals surface area contributed by atoms with Crippen LogP contribution in [0.15, 0.2) is 66.7 Å². The van der Waals surface area contributed by atoms with Gasteiger partial charge in [0.25, 0.3) is 5.91 Å². The minimum absolute atomic E-state index is 0.00699. The number of hydrogen-bond donors (Lipinski definition) is 5. The Labute approximate surface area is 383 Å². The lowest BCUT2D eigenvalue weighted by molar-refractivity contribution is -0.139. The van der Waals surface area contributed by atoms with Gasteiger partial charge in [-0.25, -0.2) is 9.59 Å². The van der Waals surface area contributed by atoms with Crippen molar-refractivity contribution in [2.75, 3.05) is 50.5 Å². The Kier molecular flexibility index (Phi) is 15.3. The quantitative estimate of drug-likeness (QED) is 0.0494. The van der Waals surface area contributed by atoms with Gasteiger partial charge < -0.3 is 40.1 Å². The zero-order valence-electron chi connectivity index (χ0n) is 35.0. The number of imide groups is 1. The van der Waals surface area contributed by atoms with Crippen molar-refractivity contribution in [1.29, 1.82) is 0 Å². The molecule has 3 fully saturated rings. The Balaban J connectivity index is 0.000000201. The standard InChI is InChI=1S/C26H28ClN3O5S2.C19H21N3O5/c1-28-19-6-2-4-16(12-19)15-36-30-10-8-18(9-11-30)29-20-7-3-5-17(13-20)24-22(27)23(35-14-21(31)32)25(37-24)26(33)34;23-11-21-8-6-12(7-9-21)27-16-3-1-2-13-14(16)10-22(19(13)26)15-4-5-17(24)20-18(15)25/h2-7,12-13,18,28-29H,8-11,14-15H2,1H3,(H,31,32)(H,33,34);1-3,11-12,15H,4-10H2,(H,20,24,25). The number of rotatable bonds is 15. The van der Waals surface area contributed by atoms with Crippen LogP contribution in [0.25, 0.3) is 10.4 Å². The Hall–Kier alpha value is -5.82. The average Bonchev–Trinajstić information content (AvgIpc) is 3.82. The van der Waals surface area contributed by atoms with E-state index in [1.54, 1.807) is 17.0 Å². The number of carbonyl (C=O) groups excluding carboxylic acids is 4. The number of fused-ring (bicyclic) bond motifs is 1. The Bertz CT molecular complexity index is 2380. The summed E-state index contributed by atoms with van der Waals surface area (Å²) in [7, 11) is 1.93. The van der Waals surface area contributed by atoms with E-state index in [4.69, 9.17) is 26.2 Å². The summed E-state index contributed by atoms with van der Waals surface area (Å²) < 4.78 is 13.7. The molecule has 1 aromatic heterocycles. The molecular weight excluding hydrogens is 884 g/mol. The number of piperidine rings is 3. The molecule has 1 unspecified atom stereocenters. The van der Waals surface area contributed by atoms with Crippen LogP contribution >= 0.6 is 34.9 Å². The molecule has 4 aliphatic heterocycles. The lowest BCUT2D eigenvalue weighted by Gasteiger charge is -2.32. The summed E-state index contributed by atoms with van der Waals surface area (Å²) in [4.78, 5) is 73.4. The van der Waals surface area contributed by atoms with E-state index in [-0.39, 0.29) is 40.0 Å². The van der Waals surface area contributed by atoms with Crippen LogP contribution in [0.1, 0.15) is 69.7 Å². The Morgan fingerprint density at radius 2 is 1.69 bits per heavy atom. The number of anilines is 2. The number of carbonyl (C=O) groups is 6. The van der Waals surface area contributed by atoms with Crippen LogP contribution in [-0.2, 0) is 31.5 Å². The van der Waals surface area contributed by atoms with Gasteiger partial charge in [0.15, 0.2) is 17.2 Å². The number of nitrogens with zero attached hydrogens (tertiary/aromatic N) is 3. The Morgan fingerprint density at radius 3 is 2.39 bits per heavy atom. The predicted molar refractivity (Wildman–Crippen MR) is 244 cm³/mol. The highest BCUT2D eigenvalue weighted by molar-refractivity contribution is 7.96. The van der Waals surface area contributed by atoms with Crippen LogP contribution in [0.4, 0.5) is 11.4 Å². The number of nitrogens with one attached hydrogen (secondary N) is 3. The second kappa shape index (κ2) is 21.2. The maximum Gasteiger partial charge on any atom is 0.349 e. The molecule has 4 aliphatic rings. The van der Waals surface area contributed by atoms with Crippen LogP contribution < -0.4 is 25.4 Å². The SMILES string of the molecule is CNc1cccc(CSN2CCC(Nc3cccc(-c4sc(C(=O)O)c(OCC(=O)O)c4Cl)c3)CC2)c1.O=CN1CCC(Oc2cccc3c2CN(C2CCC(=O)NC2=O)C3=O)CC1. The lowest BCUT2D eigenvalue weighted by Crippen LogP contribution is -2.52. The molecule has 8 rings (SSSR count). The van der Waals surface area contributed by atoms with Gasteiger partial charge >= 0.3 is 11.9 Å². The van der Waals surface area contributed by atoms with Crippen molar-refractivity contribution >= 4 is 82.3 Å². The summed E-state index contributed by atoms with van der Waals surface area (Å²) in [6.07, 6.45) is 4.91. The molecule has 0 bridgehead atoms. The summed E-state index contributed by atoms with van der Waals surface area (Å²) in [5.74, 6) is -1.88. The van der Waals surface area contributed by atoms with E-state index in [1.807, 2.05) is 49.3 Å². The van der Waals surface area contributed by atoms with E-state index < -0.39 is 30.5 Å². The third-order valence-corrected chi connectivity index (χ3v) is 14.3. The fourth-order valence-electron chi connectivity index (χ4n) is 8.03. The van der Waals surface area contributed by atoms with Gasteiger partial charge in [-0.3, -0.25) is 28.8 Å². The van der Waals surface area contributed by atoms with Crippen molar-refractivity contribution in [1.82, 2.24) is 19.4 Å². The van der Waals surface area contributed by atoms with Crippen LogP contribution in [0, 0.1) is 0 Å². The van der Waals surface area contributed by atoms with Crippen molar-refractivity contribution in [2.45, 2.75) is 69.0 Å². The van der Waals surface area contributed by atoms with Crippen molar-refractivity contribution in [3.05, 3.63) is 93.3 Å². The molecule has 5 N–H and O–H groups in total. The number of amides is 4. The predicted octanol–water partition coefficient (Wildman–Crippen LogP) is 6.44. The van der Waals surface area contributed by atoms with Gasteiger partial charge in [-0.15, -0.1) is 11.3 Å². The Morgan fingerprint density at radius 1 is 0.953 bits per heavy atom. The number of hydrogen-bond acceptors (Lipinski definition) is 13. The number of ether oxygens (including phenoxy) is 2. The monoisotopic (exact) mass is 932 g/mol. The van der Waals surface area contributed by atoms with Crippen molar-refractivity contribution in [3.8, 4) is 21.9 Å². The molecule has 64 heavy (non-hydrogen) atoms. The summed E-state index contributed by atoms with van der Waals surface area (Å²) in [6.45, 7) is 2.91. The zero-order chi connectivity index (χ0) is 45.3. The number of carboxylic acids is 2. The van der Waals surface area contributed by atoms with Crippen LogP contribution in [0.2, 0.25) is 5.02 Å². The number of aliphatic carboxylic acids is 1. The molecule has 3 saturated heterocycles. The van der Waals surface area contributed by atoms with Crippen molar-refractivity contribution < 1.29 is 48.5 Å². The third kappa shape index (κ3) is 11.3. The molecule has 0 saturated carbocycles. The molecule has 1 atom stereocenters. The molecule has 0 spiro atoms. The topological polar surface area (TPSA) is 207 Å². The smallest absolute Gasteiger partial charge is 0.349 e. The summed E-state index contributed by atoms with van der Waals surface area (Å²) >= 11 is 9.27. The largest absolute Gasteiger partial charge is 0.490 e. The summed E-state index contributed by atoms with van der Waals surface area (Å²) in [5.41, 5.74) is 5.40. The first-order valence-electron chi connectivity index (χ1n) is 20.9. The van der Waals surface area contributed by atoms with E-state index in [1.165, 1.54) is 10.5 Å². The van der Waals surface area contributed by atoms with E-state index in [0.29, 0.717) is 48.3 Å². The molecular formula is C45H49ClN6O10S2. The minimum atomic E-state index is -1.22. The van der Waals surface area contributed by atoms with Gasteiger partial charge in [0.05, 0.1) is 11.4 Å². The molecule has 19 heteroatoms. The second-order valence-corrected chi connectivity index (χ2v) is 18.1. The minimum Gasteiger partial charge on any atom is -0.490 e. The van der Waals surface area contributed by atoms with Gasteiger partial charge in [0.2, 0.25) is 18.2 Å². The first-order chi connectivity index (χ1) is 30.9. The molecule has 3 aromatic carbocycles. The lowest BCUT2D eigenvalue weighted by atomic mass is 10.0. The maximum atomic E-state index is 12.8. The number of likely N-dealkylation sites (tertiary alicyclic amines) is 1. The van der Waals surface area contributed by atoms with Gasteiger partial charge in [0, 0.05) is 86.8 Å². The second-order valence-electron chi connectivity index (χ2n) is 15.7. The van der Waals surface area contributed by atoms with Gasteiger partial charge in [-0.05, 0) is 66.8 Å². The fourth-order valence-corrected chi connectivity index (χ4v) is 10.4. The van der Waals surface area contributed by atoms with E-state index in [9.17, 15) is 33.9 Å². The highest BCUT2D eigenvalue weighted by Crippen LogP contribution is 2.46. The number of aromatic carboxylic acids is 1. The maximum absolute atomic E-state index is 12.8. The van der Waals surface area contributed by atoms with Crippen molar-refractivity contribution in [3.63, 3.8) is 0 Å². The summed E-state index contributed by atoms with van der Waals surface area (Å²) in [6, 6.07) is 21.1. The normalized spacial score (nSPS) is 18.1. The number of halogens is 1. The third-order valence-electron chi connectivity index (χ3n) is 11.4. The first kappa shape index (κ1) is 46.2. The van der Waals surface area contributed by atoms with Gasteiger partial charge in [0.1, 0.15) is 22.9 Å². The van der Waals surface area contributed by atoms with Crippen LogP contribution in [0.3, 0.4) is 0 Å². The average molecular weight is 934 g/mol. The zero-order valence-corrected chi connectivity index (χ0v) is 37.4. The fraction of sp³-hybridized carbons (Fsp3) is 0.378. The van der Waals surface area contributed by atoms with E-state index in [2.05, 4.69) is 44.5 Å². The highest BCUT2D eigenvalue weighted by Gasteiger charge is 2.40. The highest BCUT2D eigenvalue weighted by atomic mass is 35.5. The van der Waals surface area contributed by atoms with Gasteiger partial charge in [-0.1, -0.05) is 53.9 Å². The van der Waals surface area contributed by atoms with E-state index >= 15 is 0 Å². The molecule has 4 aromatic rings. The molecule has 0 aliphatic carbocycles. The molecule has 5 heterocycles. The molecule has 4 amide bonds. The molecule has 16 nitrogen and oxygen atoms in total. The van der Waals surface area contributed by atoms with E-state index in [0.717, 1.165) is 84.8 Å². The number of benzene rings is 3. The number of thiophene rings is 1. The first-order valence-corrected chi connectivity index (χ1v) is 23.1. The molecule has 338 valence electrons. The van der Waals surface area contributed by atoms with Crippen molar-refractivity contribution in [2.24, 2.45) is 0 Å². The van der Waals surface area contributed by atoms with Crippen LogP contribution in [-0.4, -0.2) is 118 Å².